The number of aromatic nitrogens is 1. The molecule has 0 fully saturated rings. The van der Waals surface area contributed by atoms with Crippen LogP contribution < -0.4 is 10.6 Å². The molecule has 0 aliphatic rings. The molecule has 0 bridgehead atoms. The Labute approximate surface area is 117 Å². The molecule has 110 valence electrons. The molecule has 0 aliphatic heterocycles. The van der Waals surface area contributed by atoms with Gasteiger partial charge in [-0.3, -0.25) is 14.9 Å². The minimum Gasteiger partial charge on any atom is -0.369 e. The van der Waals surface area contributed by atoms with Crippen LogP contribution in [-0.2, 0) is 0 Å². The van der Waals surface area contributed by atoms with Crippen LogP contribution in [0.3, 0.4) is 0 Å². The second-order valence-corrected chi connectivity index (χ2v) is 4.56. The van der Waals surface area contributed by atoms with Crippen molar-refractivity contribution in [2.24, 2.45) is 0 Å². The van der Waals surface area contributed by atoms with E-state index in [1.54, 1.807) is 0 Å². The second-order valence-electron chi connectivity index (χ2n) is 4.56. The van der Waals surface area contributed by atoms with Crippen LogP contribution in [0.2, 0.25) is 0 Å². The van der Waals surface area contributed by atoms with Crippen molar-refractivity contribution >= 4 is 17.4 Å². The molecule has 20 heavy (non-hydrogen) atoms. The predicted molar refractivity (Wildman–Crippen MR) is 76.9 cm³/mol. The molecule has 1 aromatic heterocycles. The molecule has 1 rings (SSSR count). The van der Waals surface area contributed by atoms with Gasteiger partial charge in [0.15, 0.2) is 0 Å². The third-order valence-corrected chi connectivity index (χ3v) is 2.86. The van der Waals surface area contributed by atoms with E-state index in [0.29, 0.717) is 12.4 Å². The first-order chi connectivity index (χ1) is 9.49. The summed E-state index contributed by atoms with van der Waals surface area (Å²) in [6.45, 7) is 6.46. The molecule has 2 N–H and O–H groups in total. The highest BCUT2D eigenvalue weighted by molar-refractivity contribution is 5.99. The first-order valence-corrected chi connectivity index (χ1v) is 6.68. The molecule has 0 aliphatic carbocycles. The summed E-state index contributed by atoms with van der Waals surface area (Å²) in [7, 11) is 0. The van der Waals surface area contributed by atoms with Gasteiger partial charge in [0, 0.05) is 18.7 Å². The van der Waals surface area contributed by atoms with E-state index >= 15 is 0 Å². The number of carbonyl (C=O) groups is 1. The van der Waals surface area contributed by atoms with E-state index in [1.807, 2.05) is 20.8 Å². The van der Waals surface area contributed by atoms with Gasteiger partial charge in [-0.15, -0.1) is 0 Å². The summed E-state index contributed by atoms with van der Waals surface area (Å²) in [4.78, 5) is 26.4. The van der Waals surface area contributed by atoms with Gasteiger partial charge in [-0.25, -0.2) is 4.98 Å². The Morgan fingerprint density at radius 3 is 2.75 bits per heavy atom. The van der Waals surface area contributed by atoms with Crippen LogP contribution in [0.25, 0.3) is 0 Å². The highest BCUT2D eigenvalue weighted by Gasteiger charge is 2.18. The Morgan fingerprint density at radius 2 is 2.20 bits per heavy atom. The number of hydrogen-bond donors (Lipinski definition) is 2. The molecule has 1 amide bonds. The smallest absolute Gasteiger partial charge is 0.288 e. The van der Waals surface area contributed by atoms with Crippen molar-refractivity contribution in [2.75, 3.05) is 11.9 Å². The zero-order chi connectivity index (χ0) is 15.1. The van der Waals surface area contributed by atoms with Gasteiger partial charge in [-0.05, 0) is 19.8 Å². The molecular formula is C13H20N4O3. The predicted octanol–water partition coefficient (Wildman–Crippen LogP) is 2.34. The number of nitro groups is 1. The lowest BCUT2D eigenvalue weighted by molar-refractivity contribution is -0.385. The highest BCUT2D eigenvalue weighted by atomic mass is 16.6. The molecule has 0 saturated carbocycles. The third-order valence-electron chi connectivity index (χ3n) is 2.86. The van der Waals surface area contributed by atoms with Crippen molar-refractivity contribution in [1.29, 1.82) is 0 Å². The number of pyridine rings is 1. The monoisotopic (exact) mass is 280 g/mol. The van der Waals surface area contributed by atoms with Gasteiger partial charge in [0.05, 0.1) is 10.5 Å². The van der Waals surface area contributed by atoms with E-state index in [-0.39, 0.29) is 23.2 Å². The van der Waals surface area contributed by atoms with Gasteiger partial charge in [-0.2, -0.15) is 0 Å². The minimum absolute atomic E-state index is 0.000729. The molecule has 1 heterocycles. The van der Waals surface area contributed by atoms with E-state index in [1.165, 1.54) is 6.07 Å². The number of rotatable bonds is 7. The molecule has 0 aromatic carbocycles. The summed E-state index contributed by atoms with van der Waals surface area (Å²) in [5, 5.41) is 16.6. The first-order valence-electron chi connectivity index (χ1n) is 6.68. The number of amides is 1. The van der Waals surface area contributed by atoms with Gasteiger partial charge in [0.25, 0.3) is 11.6 Å². The number of anilines is 1. The van der Waals surface area contributed by atoms with Crippen molar-refractivity contribution in [2.45, 2.75) is 39.7 Å². The molecule has 0 spiro atoms. The van der Waals surface area contributed by atoms with Gasteiger partial charge in [-0.1, -0.05) is 13.8 Å². The highest BCUT2D eigenvalue weighted by Crippen LogP contribution is 2.19. The fourth-order valence-corrected chi connectivity index (χ4v) is 1.51. The lowest BCUT2D eigenvalue weighted by Gasteiger charge is -2.14. The van der Waals surface area contributed by atoms with Crippen LogP contribution in [0.1, 0.15) is 44.0 Å². The Morgan fingerprint density at radius 1 is 1.50 bits per heavy atom. The zero-order valence-corrected chi connectivity index (χ0v) is 12.0. The average Bonchev–Trinajstić information content (AvgIpc) is 2.44. The van der Waals surface area contributed by atoms with Crippen LogP contribution in [0.15, 0.2) is 12.3 Å². The molecule has 1 unspecified atom stereocenters. The van der Waals surface area contributed by atoms with Gasteiger partial charge in [0.1, 0.15) is 12.0 Å². The Hall–Kier alpha value is -2.18. The van der Waals surface area contributed by atoms with Crippen LogP contribution >= 0.6 is 0 Å². The normalized spacial score (nSPS) is 11.8. The maximum absolute atomic E-state index is 12.2. The lowest BCUT2D eigenvalue weighted by Crippen LogP contribution is -2.32. The van der Waals surface area contributed by atoms with Crippen molar-refractivity contribution in [3.8, 4) is 0 Å². The molecular weight excluding hydrogens is 260 g/mol. The zero-order valence-electron chi connectivity index (χ0n) is 12.0. The van der Waals surface area contributed by atoms with Gasteiger partial charge in [0.2, 0.25) is 0 Å². The minimum atomic E-state index is -0.559. The number of carbonyl (C=O) groups excluding carboxylic acids is 1. The largest absolute Gasteiger partial charge is 0.369 e. The number of nitrogens with one attached hydrogen (secondary N) is 2. The summed E-state index contributed by atoms with van der Waals surface area (Å²) in [5.41, 5.74) is 0.00861. The van der Waals surface area contributed by atoms with E-state index < -0.39 is 4.92 Å². The quantitative estimate of drug-likeness (QED) is 0.590. The average molecular weight is 280 g/mol. The number of nitrogens with zero attached hydrogens (tertiary/aromatic N) is 2. The van der Waals surface area contributed by atoms with E-state index in [2.05, 4.69) is 15.6 Å². The summed E-state index contributed by atoms with van der Waals surface area (Å²) < 4.78 is 0. The fourth-order valence-electron chi connectivity index (χ4n) is 1.51. The molecule has 1 atom stereocenters. The third kappa shape index (κ3) is 4.18. The van der Waals surface area contributed by atoms with Crippen molar-refractivity contribution in [1.82, 2.24) is 10.3 Å². The molecule has 0 radical (unpaired) electrons. The Kier molecular flexibility index (Phi) is 5.89. The summed E-state index contributed by atoms with van der Waals surface area (Å²) in [6.07, 6.45) is 2.80. The molecule has 7 nitrogen and oxygen atoms in total. The van der Waals surface area contributed by atoms with Crippen molar-refractivity contribution < 1.29 is 9.72 Å². The second kappa shape index (κ2) is 7.42. The summed E-state index contributed by atoms with van der Waals surface area (Å²) in [5.74, 6) is 0.0207. The Bertz CT molecular complexity index is 491. The lowest BCUT2D eigenvalue weighted by atomic mass is 10.2. The first kappa shape index (κ1) is 15.9. The molecule has 7 heteroatoms. The van der Waals surface area contributed by atoms with E-state index in [0.717, 1.165) is 19.0 Å². The topological polar surface area (TPSA) is 97.2 Å². The van der Waals surface area contributed by atoms with Crippen molar-refractivity contribution in [3.05, 3.63) is 27.9 Å². The SMILES string of the molecule is CCCNc1ncc([N+](=O)[O-])cc1C(=O)NC(C)CC. The molecule has 0 saturated heterocycles. The summed E-state index contributed by atoms with van der Waals surface area (Å²) in [6, 6.07) is 1.25. The van der Waals surface area contributed by atoms with Crippen LogP contribution in [0, 0.1) is 10.1 Å². The van der Waals surface area contributed by atoms with Crippen LogP contribution in [-0.4, -0.2) is 28.4 Å². The van der Waals surface area contributed by atoms with E-state index in [4.69, 9.17) is 0 Å². The summed E-state index contributed by atoms with van der Waals surface area (Å²) >= 11 is 0. The van der Waals surface area contributed by atoms with Gasteiger partial charge >= 0.3 is 0 Å². The van der Waals surface area contributed by atoms with Crippen LogP contribution in [0.5, 0.6) is 0 Å². The number of hydrogen-bond acceptors (Lipinski definition) is 5. The standard InChI is InChI=1S/C13H20N4O3/c1-4-6-14-12-11(13(18)16-9(3)5-2)7-10(8-15-12)17(19)20/h7-9H,4-6H2,1-3H3,(H,14,15)(H,16,18). The Balaban J connectivity index is 3.06. The van der Waals surface area contributed by atoms with E-state index in [9.17, 15) is 14.9 Å². The fraction of sp³-hybridized carbons (Fsp3) is 0.538. The maximum atomic E-state index is 12.2. The maximum Gasteiger partial charge on any atom is 0.288 e. The van der Waals surface area contributed by atoms with Crippen molar-refractivity contribution in [3.63, 3.8) is 0 Å². The van der Waals surface area contributed by atoms with Gasteiger partial charge < -0.3 is 10.6 Å². The molecule has 1 aromatic rings. The van der Waals surface area contributed by atoms with Crippen LogP contribution in [0.4, 0.5) is 11.5 Å².